The Bertz CT molecular complexity index is 1050. The van der Waals surface area contributed by atoms with Gasteiger partial charge < -0.3 is 20.7 Å². The Labute approximate surface area is 186 Å². The highest BCUT2D eigenvalue weighted by molar-refractivity contribution is 6.06. The third-order valence-corrected chi connectivity index (χ3v) is 4.97. The number of carbonyl (C=O) groups is 3. The third-order valence-electron chi connectivity index (χ3n) is 4.97. The highest BCUT2D eigenvalue weighted by atomic mass is 19.1. The monoisotopic (exact) mass is 441 g/mol. The van der Waals surface area contributed by atoms with Gasteiger partial charge in [-0.15, -0.1) is 0 Å². The number of rotatable bonds is 5. The minimum absolute atomic E-state index is 0.0123. The van der Waals surface area contributed by atoms with Gasteiger partial charge in [0.25, 0.3) is 5.91 Å². The van der Waals surface area contributed by atoms with Gasteiger partial charge in [-0.3, -0.25) is 14.4 Å². The van der Waals surface area contributed by atoms with Crippen molar-refractivity contribution >= 4 is 34.8 Å². The number of nitrogens with two attached hydrogens (primary N) is 1. The standard InChI is InChI=1S/C24H28FN3O4/c1-24(2,3)32-22(30)14-16-12-17(25)8-9-19(16)27-23(31)15-7-10-20(18(26)13-15)28-11-5-4-6-21(28)29/h7-10,12-13H,4-6,11,14,26H2,1-3H3,(H,27,31). The number of nitrogen functional groups attached to an aromatic ring is 1. The molecule has 0 aromatic heterocycles. The number of anilines is 3. The molecule has 0 spiro atoms. The van der Waals surface area contributed by atoms with E-state index in [1.807, 2.05) is 0 Å². The maximum Gasteiger partial charge on any atom is 0.310 e. The highest BCUT2D eigenvalue weighted by Crippen LogP contribution is 2.28. The van der Waals surface area contributed by atoms with Crippen molar-refractivity contribution in [1.29, 1.82) is 0 Å². The van der Waals surface area contributed by atoms with Crippen LogP contribution in [-0.4, -0.2) is 29.9 Å². The molecule has 170 valence electrons. The number of hydrogen-bond acceptors (Lipinski definition) is 5. The molecular formula is C24H28FN3O4. The topological polar surface area (TPSA) is 102 Å². The van der Waals surface area contributed by atoms with Crippen molar-refractivity contribution < 1.29 is 23.5 Å². The molecule has 1 heterocycles. The van der Waals surface area contributed by atoms with Gasteiger partial charge in [0.1, 0.15) is 11.4 Å². The average molecular weight is 442 g/mol. The molecule has 0 unspecified atom stereocenters. The first-order valence-corrected chi connectivity index (χ1v) is 10.5. The summed E-state index contributed by atoms with van der Waals surface area (Å²) in [6.45, 7) is 5.82. The van der Waals surface area contributed by atoms with Crippen LogP contribution < -0.4 is 16.0 Å². The van der Waals surface area contributed by atoms with Crippen molar-refractivity contribution in [2.75, 3.05) is 22.5 Å². The Balaban J connectivity index is 1.78. The van der Waals surface area contributed by atoms with E-state index in [1.54, 1.807) is 37.8 Å². The summed E-state index contributed by atoms with van der Waals surface area (Å²) in [4.78, 5) is 38.8. The number of amides is 2. The molecule has 1 aliphatic rings. The molecule has 8 heteroatoms. The summed E-state index contributed by atoms with van der Waals surface area (Å²) in [7, 11) is 0. The predicted molar refractivity (Wildman–Crippen MR) is 121 cm³/mol. The van der Waals surface area contributed by atoms with E-state index in [0.29, 0.717) is 35.6 Å². The van der Waals surface area contributed by atoms with Crippen LogP contribution in [0.2, 0.25) is 0 Å². The molecule has 0 bridgehead atoms. The van der Waals surface area contributed by atoms with Crippen LogP contribution in [-0.2, 0) is 20.7 Å². The number of ether oxygens (including phenoxy) is 1. The molecule has 2 aromatic carbocycles. The summed E-state index contributed by atoms with van der Waals surface area (Å²) in [5, 5.41) is 2.71. The van der Waals surface area contributed by atoms with E-state index >= 15 is 0 Å². The Morgan fingerprint density at radius 1 is 1.16 bits per heavy atom. The fourth-order valence-electron chi connectivity index (χ4n) is 3.56. The molecule has 1 saturated heterocycles. The van der Waals surface area contributed by atoms with E-state index in [0.717, 1.165) is 12.8 Å². The number of benzene rings is 2. The summed E-state index contributed by atoms with van der Waals surface area (Å²) in [6.07, 6.45) is 2.05. The summed E-state index contributed by atoms with van der Waals surface area (Å²) in [5.74, 6) is -1.51. The maximum atomic E-state index is 13.8. The molecule has 1 fully saturated rings. The summed E-state index contributed by atoms with van der Waals surface area (Å²) in [5.41, 5.74) is 7.24. The first-order valence-electron chi connectivity index (χ1n) is 10.5. The summed E-state index contributed by atoms with van der Waals surface area (Å²) < 4.78 is 19.1. The van der Waals surface area contributed by atoms with Crippen LogP contribution in [0.5, 0.6) is 0 Å². The third kappa shape index (κ3) is 5.84. The molecule has 0 aliphatic carbocycles. The van der Waals surface area contributed by atoms with Crippen LogP contribution in [0, 0.1) is 5.82 Å². The first-order chi connectivity index (χ1) is 15.0. The van der Waals surface area contributed by atoms with Crippen LogP contribution >= 0.6 is 0 Å². The zero-order chi connectivity index (χ0) is 23.5. The second-order valence-corrected chi connectivity index (χ2v) is 8.79. The lowest BCUT2D eigenvalue weighted by atomic mass is 10.1. The SMILES string of the molecule is CC(C)(C)OC(=O)Cc1cc(F)ccc1NC(=O)c1ccc(N2CCCCC2=O)c(N)c1. The van der Waals surface area contributed by atoms with Gasteiger partial charge in [-0.05, 0) is 75.6 Å². The van der Waals surface area contributed by atoms with E-state index < -0.39 is 23.3 Å². The minimum Gasteiger partial charge on any atom is -0.460 e. The van der Waals surface area contributed by atoms with E-state index in [1.165, 1.54) is 24.3 Å². The second-order valence-electron chi connectivity index (χ2n) is 8.79. The lowest BCUT2D eigenvalue weighted by Crippen LogP contribution is -2.35. The molecule has 32 heavy (non-hydrogen) atoms. The Kier molecular flexibility index (Phi) is 6.81. The van der Waals surface area contributed by atoms with E-state index in [-0.39, 0.29) is 17.9 Å². The van der Waals surface area contributed by atoms with E-state index in [9.17, 15) is 18.8 Å². The lowest BCUT2D eigenvalue weighted by Gasteiger charge is -2.28. The van der Waals surface area contributed by atoms with Gasteiger partial charge in [-0.1, -0.05) is 0 Å². The van der Waals surface area contributed by atoms with Crippen molar-refractivity contribution in [2.24, 2.45) is 0 Å². The van der Waals surface area contributed by atoms with Crippen molar-refractivity contribution in [3.05, 3.63) is 53.3 Å². The zero-order valence-electron chi connectivity index (χ0n) is 18.5. The smallest absolute Gasteiger partial charge is 0.310 e. The molecule has 2 amide bonds. The normalized spacial score (nSPS) is 14.2. The van der Waals surface area contributed by atoms with Crippen molar-refractivity contribution in [2.45, 2.75) is 52.1 Å². The Morgan fingerprint density at radius 2 is 1.91 bits per heavy atom. The van der Waals surface area contributed by atoms with Crippen LogP contribution in [0.15, 0.2) is 36.4 Å². The molecule has 0 saturated carbocycles. The van der Waals surface area contributed by atoms with Gasteiger partial charge in [0, 0.05) is 24.2 Å². The lowest BCUT2D eigenvalue weighted by molar-refractivity contribution is -0.153. The van der Waals surface area contributed by atoms with Crippen molar-refractivity contribution in [3.8, 4) is 0 Å². The number of esters is 1. The number of halogens is 1. The molecule has 3 rings (SSSR count). The number of hydrogen-bond donors (Lipinski definition) is 2. The van der Waals surface area contributed by atoms with Gasteiger partial charge in [-0.2, -0.15) is 0 Å². The number of nitrogens with zero attached hydrogens (tertiary/aromatic N) is 1. The molecule has 1 aliphatic heterocycles. The number of piperidine rings is 1. The largest absolute Gasteiger partial charge is 0.460 e. The van der Waals surface area contributed by atoms with Gasteiger partial charge in [0.2, 0.25) is 5.91 Å². The Morgan fingerprint density at radius 3 is 2.56 bits per heavy atom. The summed E-state index contributed by atoms with van der Waals surface area (Å²) >= 11 is 0. The molecular weight excluding hydrogens is 413 g/mol. The van der Waals surface area contributed by atoms with Gasteiger partial charge in [0.05, 0.1) is 17.8 Å². The maximum absolute atomic E-state index is 13.8. The van der Waals surface area contributed by atoms with E-state index in [2.05, 4.69) is 5.32 Å². The Hall–Kier alpha value is -3.42. The quantitative estimate of drug-likeness (QED) is 0.538. The van der Waals surface area contributed by atoms with E-state index in [4.69, 9.17) is 10.5 Å². The number of carbonyl (C=O) groups excluding carboxylic acids is 3. The van der Waals surface area contributed by atoms with Gasteiger partial charge in [0.15, 0.2) is 0 Å². The molecule has 2 aromatic rings. The number of nitrogens with one attached hydrogen (secondary N) is 1. The molecule has 3 N–H and O–H groups in total. The zero-order valence-corrected chi connectivity index (χ0v) is 18.5. The second kappa shape index (κ2) is 9.38. The van der Waals surface area contributed by atoms with Crippen LogP contribution in [0.4, 0.5) is 21.5 Å². The van der Waals surface area contributed by atoms with Crippen molar-refractivity contribution in [1.82, 2.24) is 0 Å². The highest BCUT2D eigenvalue weighted by Gasteiger charge is 2.23. The van der Waals surface area contributed by atoms with Crippen LogP contribution in [0.25, 0.3) is 0 Å². The fourth-order valence-corrected chi connectivity index (χ4v) is 3.56. The molecule has 7 nitrogen and oxygen atoms in total. The molecule has 0 radical (unpaired) electrons. The van der Waals surface area contributed by atoms with Crippen LogP contribution in [0.1, 0.15) is 56.0 Å². The summed E-state index contributed by atoms with van der Waals surface area (Å²) in [6, 6.07) is 8.53. The molecule has 0 atom stereocenters. The van der Waals surface area contributed by atoms with Crippen LogP contribution in [0.3, 0.4) is 0 Å². The predicted octanol–water partition coefficient (Wildman–Crippen LogP) is 4.06. The fraction of sp³-hybridized carbons (Fsp3) is 0.375. The first kappa shape index (κ1) is 23.2. The minimum atomic E-state index is -0.678. The van der Waals surface area contributed by atoms with Gasteiger partial charge in [-0.25, -0.2) is 4.39 Å². The van der Waals surface area contributed by atoms with Gasteiger partial charge >= 0.3 is 5.97 Å². The average Bonchev–Trinajstić information content (AvgIpc) is 2.69. The van der Waals surface area contributed by atoms with Crippen molar-refractivity contribution in [3.63, 3.8) is 0 Å².